The van der Waals surface area contributed by atoms with E-state index in [4.69, 9.17) is 5.73 Å². The van der Waals surface area contributed by atoms with Gasteiger partial charge < -0.3 is 26.6 Å². The van der Waals surface area contributed by atoms with Gasteiger partial charge in [0.1, 0.15) is 17.8 Å². The highest BCUT2D eigenvalue weighted by atomic mass is 16.2. The number of hydrogen-bond donors (Lipinski definition) is 4. The normalized spacial score (nSPS) is 21.1. The molecular formula is C32H46N6O6. The van der Waals surface area contributed by atoms with Crippen molar-refractivity contribution in [2.24, 2.45) is 23.0 Å². The van der Waals surface area contributed by atoms with Gasteiger partial charge in [0.05, 0.1) is 12.1 Å². The number of carbonyl (C=O) groups is 6. The van der Waals surface area contributed by atoms with Crippen LogP contribution in [0.5, 0.6) is 0 Å². The van der Waals surface area contributed by atoms with E-state index in [9.17, 15) is 28.8 Å². The lowest BCUT2D eigenvalue weighted by Gasteiger charge is -2.36. The smallest absolute Gasteiger partial charge is 0.316 e. The van der Waals surface area contributed by atoms with Crippen LogP contribution in [0.1, 0.15) is 95.5 Å². The van der Waals surface area contributed by atoms with Gasteiger partial charge in [-0.3, -0.25) is 29.0 Å². The molecule has 1 aliphatic heterocycles. The predicted molar refractivity (Wildman–Crippen MR) is 162 cm³/mol. The Morgan fingerprint density at radius 1 is 0.932 bits per heavy atom. The Balaban J connectivity index is 1.47. The SMILES string of the molecule is CC(C)(C)C(NC(=O)NC(C(=O)c1ccccn1)C1CCCCC1)C(=O)N1CCCC1C(=O)NC(CC1CC1)C(=O)C(N)=O. The summed E-state index contributed by atoms with van der Waals surface area (Å²) in [7, 11) is 0. The maximum atomic E-state index is 14.0. The van der Waals surface area contributed by atoms with Gasteiger partial charge in [0.25, 0.3) is 5.91 Å². The minimum Gasteiger partial charge on any atom is -0.363 e. The lowest BCUT2D eigenvalue weighted by molar-refractivity contribution is -0.143. The van der Waals surface area contributed by atoms with Crippen LogP contribution in [0, 0.1) is 17.3 Å². The van der Waals surface area contributed by atoms with E-state index in [0.717, 1.165) is 44.9 Å². The predicted octanol–water partition coefficient (Wildman–Crippen LogP) is 2.26. The van der Waals surface area contributed by atoms with E-state index in [1.807, 2.05) is 20.8 Å². The molecule has 1 aromatic heterocycles. The molecule has 12 nitrogen and oxygen atoms in total. The van der Waals surface area contributed by atoms with Crippen LogP contribution in [0.3, 0.4) is 0 Å². The first-order valence-electron chi connectivity index (χ1n) is 15.8. The largest absolute Gasteiger partial charge is 0.363 e. The average Bonchev–Trinajstić information content (AvgIpc) is 3.68. The minimum absolute atomic E-state index is 0.0499. The van der Waals surface area contributed by atoms with Crippen LogP contribution in [0.25, 0.3) is 0 Å². The molecule has 2 aliphatic carbocycles. The Bertz CT molecular complexity index is 1240. The second-order valence-electron chi connectivity index (χ2n) is 13.5. The van der Waals surface area contributed by atoms with Gasteiger partial charge in [-0.15, -0.1) is 0 Å². The number of Topliss-reactive ketones (excluding diaryl/α,β-unsaturated/α-hetero) is 2. The van der Waals surface area contributed by atoms with Gasteiger partial charge in [-0.05, 0) is 61.5 Å². The topological polar surface area (TPSA) is 181 Å². The number of rotatable bonds is 12. The van der Waals surface area contributed by atoms with Crippen molar-refractivity contribution in [1.29, 1.82) is 0 Å². The number of urea groups is 1. The number of aromatic nitrogens is 1. The van der Waals surface area contributed by atoms with Gasteiger partial charge in [-0.2, -0.15) is 0 Å². The molecule has 0 radical (unpaired) electrons. The van der Waals surface area contributed by atoms with Crippen molar-refractivity contribution >= 4 is 35.3 Å². The quantitative estimate of drug-likeness (QED) is 0.207. The van der Waals surface area contributed by atoms with E-state index in [-0.39, 0.29) is 23.3 Å². The lowest BCUT2D eigenvalue weighted by atomic mass is 9.81. The number of nitrogens with two attached hydrogens (primary N) is 1. The highest BCUT2D eigenvalue weighted by molar-refractivity contribution is 6.37. The Labute approximate surface area is 258 Å². The molecule has 5 N–H and O–H groups in total. The molecule has 1 saturated heterocycles. The molecule has 4 atom stereocenters. The summed E-state index contributed by atoms with van der Waals surface area (Å²) in [4.78, 5) is 84.0. The second-order valence-corrected chi connectivity index (χ2v) is 13.5. The van der Waals surface area contributed by atoms with Crippen molar-refractivity contribution in [3.05, 3.63) is 30.1 Å². The van der Waals surface area contributed by atoms with Crippen LogP contribution in [0.2, 0.25) is 0 Å². The van der Waals surface area contributed by atoms with Gasteiger partial charge >= 0.3 is 6.03 Å². The van der Waals surface area contributed by atoms with Crippen LogP contribution in [0.15, 0.2) is 24.4 Å². The number of likely N-dealkylation sites (tertiary alicyclic amines) is 1. The van der Waals surface area contributed by atoms with E-state index in [1.165, 1.54) is 4.90 Å². The third kappa shape index (κ3) is 8.41. The van der Waals surface area contributed by atoms with Crippen LogP contribution in [-0.4, -0.2) is 75.9 Å². The fourth-order valence-corrected chi connectivity index (χ4v) is 6.32. The second kappa shape index (κ2) is 14.3. The molecule has 3 aliphatic rings. The van der Waals surface area contributed by atoms with Crippen LogP contribution in [0.4, 0.5) is 4.79 Å². The fourth-order valence-electron chi connectivity index (χ4n) is 6.32. The molecule has 240 valence electrons. The maximum Gasteiger partial charge on any atom is 0.316 e. The van der Waals surface area contributed by atoms with Crippen LogP contribution >= 0.6 is 0 Å². The zero-order chi connectivity index (χ0) is 32.0. The molecule has 0 aromatic carbocycles. The first-order chi connectivity index (χ1) is 20.9. The van der Waals surface area contributed by atoms with Crippen molar-refractivity contribution < 1.29 is 28.8 Å². The Morgan fingerprint density at radius 2 is 1.64 bits per heavy atom. The van der Waals surface area contributed by atoms with Gasteiger partial charge in [0.15, 0.2) is 0 Å². The standard InChI is InChI=1S/C32H46N6O6/c1-32(2,3)27(37-31(44)36-24(20-10-5-4-6-11-20)25(39)21-12-7-8-16-34-21)30(43)38-17-9-13-23(38)29(42)35-22(18-19-14-15-19)26(40)28(33)41/h7-8,12,16,19-20,22-24,27H,4-6,9-11,13-15,17-18H2,1-3H3,(H2,33,41)(H,35,42)(H2,36,37,44). The number of carbonyl (C=O) groups excluding carboxylic acids is 6. The molecule has 3 fully saturated rings. The zero-order valence-corrected chi connectivity index (χ0v) is 26.0. The number of nitrogens with one attached hydrogen (secondary N) is 3. The summed E-state index contributed by atoms with van der Waals surface area (Å²) in [5, 5.41) is 8.36. The molecule has 5 amide bonds. The molecule has 2 saturated carbocycles. The lowest BCUT2D eigenvalue weighted by Crippen LogP contribution is -2.61. The van der Waals surface area contributed by atoms with Crippen molar-refractivity contribution in [2.45, 2.75) is 109 Å². The summed E-state index contributed by atoms with van der Waals surface area (Å²) in [5.74, 6) is -2.98. The third-order valence-corrected chi connectivity index (χ3v) is 8.98. The van der Waals surface area contributed by atoms with Gasteiger partial charge in [0.2, 0.25) is 23.4 Å². The molecule has 2 heterocycles. The van der Waals surface area contributed by atoms with Crippen LogP contribution < -0.4 is 21.7 Å². The van der Waals surface area contributed by atoms with Gasteiger partial charge in [-0.25, -0.2) is 4.79 Å². The first kappa shape index (κ1) is 33.1. The van der Waals surface area contributed by atoms with E-state index in [1.54, 1.807) is 24.4 Å². The number of nitrogens with zero attached hydrogens (tertiary/aromatic N) is 2. The molecular weight excluding hydrogens is 564 g/mol. The van der Waals surface area contributed by atoms with E-state index in [0.29, 0.717) is 25.8 Å². The number of amides is 5. The molecule has 0 bridgehead atoms. The third-order valence-electron chi connectivity index (χ3n) is 8.98. The maximum absolute atomic E-state index is 14.0. The molecule has 44 heavy (non-hydrogen) atoms. The molecule has 1 aromatic rings. The summed E-state index contributed by atoms with van der Waals surface area (Å²) in [6.45, 7) is 5.74. The van der Waals surface area contributed by atoms with Gasteiger partial charge in [-0.1, -0.05) is 58.9 Å². The van der Waals surface area contributed by atoms with Crippen molar-refractivity contribution in [1.82, 2.24) is 25.8 Å². The summed E-state index contributed by atoms with van der Waals surface area (Å²) in [6.07, 6.45) is 9.27. The number of pyridine rings is 1. The first-order valence-corrected chi connectivity index (χ1v) is 15.8. The van der Waals surface area contributed by atoms with Crippen molar-refractivity contribution in [3.8, 4) is 0 Å². The van der Waals surface area contributed by atoms with E-state index < -0.39 is 59.1 Å². The molecule has 12 heteroatoms. The zero-order valence-electron chi connectivity index (χ0n) is 26.0. The summed E-state index contributed by atoms with van der Waals surface area (Å²) in [5.41, 5.74) is 4.76. The number of hydrogen-bond acceptors (Lipinski definition) is 7. The Hall–Kier alpha value is -3.83. The summed E-state index contributed by atoms with van der Waals surface area (Å²) in [6, 6.07) is 0.744. The summed E-state index contributed by atoms with van der Waals surface area (Å²) < 4.78 is 0. The Kier molecular flexibility index (Phi) is 10.7. The summed E-state index contributed by atoms with van der Waals surface area (Å²) >= 11 is 0. The van der Waals surface area contributed by atoms with E-state index in [2.05, 4.69) is 20.9 Å². The van der Waals surface area contributed by atoms with Gasteiger partial charge in [0, 0.05) is 12.7 Å². The van der Waals surface area contributed by atoms with Crippen molar-refractivity contribution in [3.63, 3.8) is 0 Å². The fraction of sp³-hybridized carbons (Fsp3) is 0.656. The molecule has 4 unspecified atom stereocenters. The van der Waals surface area contributed by atoms with Crippen LogP contribution in [-0.2, 0) is 19.2 Å². The monoisotopic (exact) mass is 610 g/mol. The number of primary amides is 1. The van der Waals surface area contributed by atoms with Crippen molar-refractivity contribution in [2.75, 3.05) is 6.54 Å². The molecule has 4 rings (SSSR count). The van der Waals surface area contributed by atoms with E-state index >= 15 is 0 Å². The molecule has 0 spiro atoms. The number of ketones is 2. The highest BCUT2D eigenvalue weighted by Gasteiger charge is 2.44. The minimum atomic E-state index is -1.11. The Morgan fingerprint density at radius 3 is 2.23 bits per heavy atom. The highest BCUT2D eigenvalue weighted by Crippen LogP contribution is 2.34. The average molecular weight is 611 g/mol.